The Morgan fingerprint density at radius 3 is 2.71 bits per heavy atom. The van der Waals surface area contributed by atoms with Crippen molar-refractivity contribution >= 4 is 34.1 Å². The molecule has 0 spiro atoms. The van der Waals surface area contributed by atoms with Gasteiger partial charge in [-0.1, -0.05) is 0 Å². The molecule has 1 aromatic rings. The van der Waals surface area contributed by atoms with Crippen LogP contribution < -0.4 is 11.1 Å². The van der Waals surface area contributed by atoms with Crippen LogP contribution in [0.4, 0.5) is 5.13 Å². The van der Waals surface area contributed by atoms with Crippen molar-refractivity contribution in [1.29, 1.82) is 0 Å². The molecule has 0 saturated heterocycles. The summed E-state index contributed by atoms with van der Waals surface area (Å²) >= 11 is 1.08. The number of Topliss-reactive ketones (excluding diaryl/α,β-unsaturated/α-hetero) is 1. The average molecular weight is 257 g/mol. The van der Waals surface area contributed by atoms with E-state index in [1.54, 1.807) is 0 Å². The number of hydrogen-bond acceptors (Lipinski definition) is 6. The maximum atomic E-state index is 11.4. The van der Waals surface area contributed by atoms with Gasteiger partial charge in [0.2, 0.25) is 5.91 Å². The Kier molecular flexibility index (Phi) is 4.30. The monoisotopic (exact) mass is 257 g/mol. The summed E-state index contributed by atoms with van der Waals surface area (Å²) in [4.78, 5) is 36.5. The first kappa shape index (κ1) is 13.3. The van der Waals surface area contributed by atoms with Gasteiger partial charge in [-0.3, -0.25) is 14.4 Å². The fourth-order valence-corrected chi connectivity index (χ4v) is 1.72. The fourth-order valence-electron chi connectivity index (χ4n) is 0.972. The summed E-state index contributed by atoms with van der Waals surface area (Å²) in [7, 11) is 0. The molecular weight excluding hydrogens is 246 g/mol. The van der Waals surface area contributed by atoms with E-state index in [0.717, 1.165) is 11.3 Å². The highest BCUT2D eigenvalue weighted by Crippen LogP contribution is 2.15. The molecule has 4 N–H and O–H groups in total. The van der Waals surface area contributed by atoms with Gasteiger partial charge >= 0.3 is 5.97 Å². The van der Waals surface area contributed by atoms with Crippen molar-refractivity contribution in [2.24, 2.45) is 5.73 Å². The molecule has 1 atom stereocenters. The lowest BCUT2D eigenvalue weighted by molar-refractivity contribution is -0.138. The van der Waals surface area contributed by atoms with E-state index in [0.29, 0.717) is 0 Å². The van der Waals surface area contributed by atoms with Gasteiger partial charge in [0.1, 0.15) is 5.69 Å². The number of ketones is 1. The van der Waals surface area contributed by atoms with E-state index in [1.165, 1.54) is 12.3 Å². The smallest absolute Gasteiger partial charge is 0.305 e. The molecule has 0 saturated carbocycles. The molecule has 7 nitrogen and oxygen atoms in total. The molecule has 1 aromatic heterocycles. The Morgan fingerprint density at radius 2 is 2.24 bits per heavy atom. The normalized spacial score (nSPS) is 11.9. The van der Waals surface area contributed by atoms with Crippen molar-refractivity contribution in [3.8, 4) is 0 Å². The van der Waals surface area contributed by atoms with Crippen molar-refractivity contribution in [2.75, 3.05) is 5.32 Å². The van der Waals surface area contributed by atoms with Gasteiger partial charge in [0.15, 0.2) is 10.9 Å². The van der Waals surface area contributed by atoms with Gasteiger partial charge in [0.25, 0.3) is 0 Å². The number of amides is 1. The van der Waals surface area contributed by atoms with E-state index >= 15 is 0 Å². The van der Waals surface area contributed by atoms with Crippen molar-refractivity contribution in [3.05, 3.63) is 11.1 Å². The summed E-state index contributed by atoms with van der Waals surface area (Å²) in [5.74, 6) is -2.01. The van der Waals surface area contributed by atoms with Gasteiger partial charge in [0.05, 0.1) is 12.5 Å². The highest BCUT2D eigenvalue weighted by atomic mass is 32.1. The lowest BCUT2D eigenvalue weighted by Crippen LogP contribution is -2.37. The van der Waals surface area contributed by atoms with Crippen molar-refractivity contribution in [1.82, 2.24) is 4.98 Å². The summed E-state index contributed by atoms with van der Waals surface area (Å²) in [6.07, 6.45) is -0.462. The van der Waals surface area contributed by atoms with Crippen molar-refractivity contribution in [2.45, 2.75) is 19.4 Å². The van der Waals surface area contributed by atoms with Crippen LogP contribution in [0, 0.1) is 0 Å². The zero-order valence-corrected chi connectivity index (χ0v) is 9.78. The largest absolute Gasteiger partial charge is 0.481 e. The van der Waals surface area contributed by atoms with E-state index in [1.807, 2.05) is 0 Å². The third-order valence-electron chi connectivity index (χ3n) is 1.83. The molecule has 92 valence electrons. The second kappa shape index (κ2) is 5.51. The Labute approximate surface area is 101 Å². The lowest BCUT2D eigenvalue weighted by Gasteiger charge is -2.07. The van der Waals surface area contributed by atoms with E-state index in [9.17, 15) is 14.4 Å². The molecular formula is C9H11N3O4S. The number of rotatable bonds is 5. The molecule has 8 heteroatoms. The second-order valence-electron chi connectivity index (χ2n) is 3.29. The third-order valence-corrected chi connectivity index (χ3v) is 2.58. The summed E-state index contributed by atoms with van der Waals surface area (Å²) in [5.41, 5.74) is 5.60. The minimum absolute atomic E-state index is 0.211. The van der Waals surface area contributed by atoms with Gasteiger partial charge in [-0.2, -0.15) is 0 Å². The van der Waals surface area contributed by atoms with Crippen LogP contribution >= 0.6 is 11.3 Å². The highest BCUT2D eigenvalue weighted by Gasteiger charge is 2.18. The number of nitrogens with two attached hydrogens (primary N) is 1. The molecule has 0 aliphatic carbocycles. The Bertz CT molecular complexity index is 457. The lowest BCUT2D eigenvalue weighted by atomic mass is 10.2. The van der Waals surface area contributed by atoms with Gasteiger partial charge in [0, 0.05) is 12.3 Å². The van der Waals surface area contributed by atoms with Gasteiger partial charge in [-0.05, 0) is 0 Å². The molecule has 0 fully saturated rings. The van der Waals surface area contributed by atoms with Crippen LogP contribution in [-0.2, 0) is 9.59 Å². The minimum atomic E-state index is -1.16. The second-order valence-corrected chi connectivity index (χ2v) is 4.15. The predicted molar refractivity (Wildman–Crippen MR) is 61.0 cm³/mol. The van der Waals surface area contributed by atoms with Crippen LogP contribution in [0.2, 0.25) is 0 Å². The number of carboxylic acid groups (broad SMARTS) is 1. The Balaban J connectivity index is 2.61. The molecule has 1 amide bonds. The van der Waals surface area contributed by atoms with E-state index in [4.69, 9.17) is 10.8 Å². The minimum Gasteiger partial charge on any atom is -0.481 e. The number of anilines is 1. The van der Waals surface area contributed by atoms with Gasteiger partial charge in [-0.25, -0.2) is 4.98 Å². The number of thiazole rings is 1. The number of nitrogens with zero attached hydrogens (tertiary/aromatic N) is 1. The van der Waals surface area contributed by atoms with E-state index in [-0.39, 0.29) is 16.6 Å². The zero-order chi connectivity index (χ0) is 13.0. The number of hydrogen-bond donors (Lipinski definition) is 3. The van der Waals surface area contributed by atoms with Gasteiger partial charge < -0.3 is 16.2 Å². The summed E-state index contributed by atoms with van der Waals surface area (Å²) in [5, 5.41) is 12.5. The molecule has 1 unspecified atom stereocenters. The summed E-state index contributed by atoms with van der Waals surface area (Å²) in [6.45, 7) is 1.36. The first-order valence-corrected chi connectivity index (χ1v) is 5.53. The number of aliphatic carboxylic acids is 1. The molecule has 1 heterocycles. The maximum absolute atomic E-state index is 11.4. The van der Waals surface area contributed by atoms with Crippen molar-refractivity contribution in [3.63, 3.8) is 0 Å². The number of carbonyl (C=O) groups is 3. The van der Waals surface area contributed by atoms with E-state index < -0.39 is 24.3 Å². The van der Waals surface area contributed by atoms with Crippen molar-refractivity contribution < 1.29 is 19.5 Å². The Morgan fingerprint density at radius 1 is 1.59 bits per heavy atom. The van der Waals surface area contributed by atoms with Crippen LogP contribution in [0.1, 0.15) is 23.8 Å². The fraction of sp³-hybridized carbons (Fsp3) is 0.333. The molecule has 17 heavy (non-hydrogen) atoms. The Hall–Kier alpha value is -1.80. The third kappa shape index (κ3) is 3.93. The number of carboxylic acids is 1. The SMILES string of the molecule is CC(=O)c1csc(NC(=O)C(N)CC(=O)O)n1. The first-order valence-electron chi connectivity index (χ1n) is 4.65. The number of nitrogens with one attached hydrogen (secondary N) is 1. The molecule has 0 bridgehead atoms. The maximum Gasteiger partial charge on any atom is 0.305 e. The summed E-state index contributed by atoms with van der Waals surface area (Å²) < 4.78 is 0. The molecule has 0 aliphatic rings. The zero-order valence-electron chi connectivity index (χ0n) is 8.97. The highest BCUT2D eigenvalue weighted by molar-refractivity contribution is 7.14. The quantitative estimate of drug-likeness (QED) is 0.642. The van der Waals surface area contributed by atoms with Gasteiger partial charge in [-0.15, -0.1) is 11.3 Å². The predicted octanol–water partition coefficient (Wildman–Crippen LogP) is 0.0862. The molecule has 0 aromatic carbocycles. The molecule has 0 aliphatic heterocycles. The van der Waals surface area contributed by atoms with Crippen LogP contribution in [0.25, 0.3) is 0 Å². The van der Waals surface area contributed by atoms with Crippen LogP contribution in [-0.4, -0.2) is 33.8 Å². The first-order chi connectivity index (χ1) is 7.90. The van der Waals surface area contributed by atoms with Crippen LogP contribution in [0.3, 0.4) is 0 Å². The molecule has 1 rings (SSSR count). The standard InChI is InChI=1S/C9H11N3O4S/c1-4(13)6-3-17-9(11-6)12-8(16)5(10)2-7(14)15/h3,5H,2,10H2,1H3,(H,14,15)(H,11,12,16). The average Bonchev–Trinajstić information content (AvgIpc) is 2.65. The molecule has 0 radical (unpaired) electrons. The van der Waals surface area contributed by atoms with E-state index in [2.05, 4.69) is 10.3 Å². The number of carbonyl (C=O) groups excluding carboxylic acids is 2. The topological polar surface area (TPSA) is 122 Å². The van der Waals surface area contributed by atoms with Crippen LogP contribution in [0.5, 0.6) is 0 Å². The van der Waals surface area contributed by atoms with Crippen LogP contribution in [0.15, 0.2) is 5.38 Å². The number of aromatic nitrogens is 1. The summed E-state index contributed by atoms with van der Waals surface area (Å²) in [6, 6.07) is -1.14.